The largest absolute Gasteiger partial charge is 0.371 e. The van der Waals surface area contributed by atoms with Gasteiger partial charge in [-0.1, -0.05) is 19.1 Å². The van der Waals surface area contributed by atoms with Gasteiger partial charge in [0.05, 0.1) is 12.7 Å². The molecule has 1 aliphatic rings. The van der Waals surface area contributed by atoms with Gasteiger partial charge >= 0.3 is 0 Å². The predicted molar refractivity (Wildman–Crippen MR) is 67.8 cm³/mol. The number of rotatable bonds is 3. The van der Waals surface area contributed by atoms with Gasteiger partial charge in [-0.25, -0.2) is 0 Å². The third-order valence-corrected chi connectivity index (χ3v) is 3.04. The lowest BCUT2D eigenvalue weighted by molar-refractivity contribution is 0.00358. The molecule has 4 nitrogen and oxygen atoms in total. The first-order valence-corrected chi connectivity index (χ1v) is 6.13. The maximum atomic E-state index is 9.67. The topological polar surface area (TPSA) is 67.5 Å². The molecule has 1 aliphatic heterocycles. The first kappa shape index (κ1) is 12.4. The number of anilines is 1. The zero-order valence-corrected chi connectivity index (χ0v) is 10.1. The molecule has 17 heavy (non-hydrogen) atoms. The third-order valence-electron chi connectivity index (χ3n) is 3.04. The minimum Gasteiger partial charge on any atom is -0.371 e. The second kappa shape index (κ2) is 5.49. The number of hydrogen-bond acceptors (Lipinski definition) is 4. The molecule has 0 spiro atoms. The highest BCUT2D eigenvalue weighted by Gasteiger charge is 2.21. The van der Waals surface area contributed by atoms with E-state index in [2.05, 4.69) is 18.3 Å². The predicted octanol–water partition coefficient (Wildman–Crippen LogP) is 1.40. The molecule has 0 radical (unpaired) electrons. The quantitative estimate of drug-likeness (QED) is 0.742. The SMILES string of the molecule is CCC1OC[C@@H](O)Nc2ccc(CCN)cc21. The molecule has 4 heteroatoms. The minimum absolute atomic E-state index is 0.0485. The zero-order chi connectivity index (χ0) is 12.3. The first-order valence-electron chi connectivity index (χ1n) is 6.13. The molecule has 0 fully saturated rings. The molecule has 0 aliphatic carbocycles. The number of benzene rings is 1. The monoisotopic (exact) mass is 236 g/mol. The van der Waals surface area contributed by atoms with Crippen LogP contribution in [0.25, 0.3) is 0 Å². The smallest absolute Gasteiger partial charge is 0.148 e. The fourth-order valence-corrected chi connectivity index (χ4v) is 2.19. The van der Waals surface area contributed by atoms with Crippen LogP contribution in [-0.4, -0.2) is 24.5 Å². The second-order valence-electron chi connectivity index (χ2n) is 4.35. The van der Waals surface area contributed by atoms with E-state index in [9.17, 15) is 5.11 Å². The molecule has 1 aromatic carbocycles. The molecule has 0 saturated heterocycles. The number of aliphatic hydroxyl groups is 1. The third kappa shape index (κ3) is 2.77. The van der Waals surface area contributed by atoms with Crippen molar-refractivity contribution in [2.75, 3.05) is 18.5 Å². The van der Waals surface area contributed by atoms with Gasteiger partial charge in [-0.2, -0.15) is 0 Å². The first-order chi connectivity index (χ1) is 8.24. The van der Waals surface area contributed by atoms with Crippen LogP contribution in [0.2, 0.25) is 0 Å². The number of nitrogens with two attached hydrogens (primary N) is 1. The fraction of sp³-hybridized carbons (Fsp3) is 0.538. The molecule has 0 aromatic heterocycles. The van der Waals surface area contributed by atoms with Crippen molar-refractivity contribution in [3.63, 3.8) is 0 Å². The summed E-state index contributed by atoms with van der Waals surface area (Å²) in [5.74, 6) is 0. The van der Waals surface area contributed by atoms with E-state index in [-0.39, 0.29) is 6.10 Å². The fourth-order valence-electron chi connectivity index (χ4n) is 2.19. The van der Waals surface area contributed by atoms with Crippen LogP contribution in [0.15, 0.2) is 18.2 Å². The van der Waals surface area contributed by atoms with E-state index < -0.39 is 6.23 Å². The van der Waals surface area contributed by atoms with Gasteiger partial charge in [0.1, 0.15) is 6.23 Å². The highest BCUT2D eigenvalue weighted by molar-refractivity contribution is 5.55. The molecule has 1 aromatic rings. The molecule has 1 heterocycles. The zero-order valence-electron chi connectivity index (χ0n) is 10.1. The van der Waals surface area contributed by atoms with Gasteiger partial charge in [0.2, 0.25) is 0 Å². The molecule has 0 bridgehead atoms. The van der Waals surface area contributed by atoms with Crippen LogP contribution < -0.4 is 11.1 Å². The van der Waals surface area contributed by atoms with E-state index in [1.165, 1.54) is 5.56 Å². The summed E-state index contributed by atoms with van der Waals surface area (Å²) in [7, 11) is 0. The van der Waals surface area contributed by atoms with Crippen LogP contribution in [-0.2, 0) is 11.2 Å². The Morgan fingerprint density at radius 1 is 1.53 bits per heavy atom. The molecular weight excluding hydrogens is 216 g/mol. The molecule has 1 unspecified atom stereocenters. The van der Waals surface area contributed by atoms with Crippen LogP contribution in [0.4, 0.5) is 5.69 Å². The number of ether oxygens (including phenoxy) is 1. The van der Waals surface area contributed by atoms with Crippen molar-refractivity contribution in [1.82, 2.24) is 0 Å². The van der Waals surface area contributed by atoms with E-state index in [4.69, 9.17) is 10.5 Å². The van der Waals surface area contributed by atoms with E-state index >= 15 is 0 Å². The summed E-state index contributed by atoms with van der Waals surface area (Å²) in [6, 6.07) is 6.17. The summed E-state index contributed by atoms with van der Waals surface area (Å²) >= 11 is 0. The summed E-state index contributed by atoms with van der Waals surface area (Å²) in [5.41, 5.74) is 8.87. The maximum absolute atomic E-state index is 9.67. The van der Waals surface area contributed by atoms with Gasteiger partial charge in [0.25, 0.3) is 0 Å². The summed E-state index contributed by atoms with van der Waals surface area (Å²) in [6.45, 7) is 3.05. The van der Waals surface area contributed by atoms with Gasteiger partial charge in [-0.3, -0.25) is 0 Å². The lowest BCUT2D eigenvalue weighted by Gasteiger charge is -2.16. The van der Waals surface area contributed by atoms with Crippen molar-refractivity contribution < 1.29 is 9.84 Å². The average molecular weight is 236 g/mol. The number of nitrogens with one attached hydrogen (secondary N) is 1. The second-order valence-corrected chi connectivity index (χ2v) is 4.35. The molecule has 2 rings (SSSR count). The van der Waals surface area contributed by atoms with Gasteiger partial charge in [0.15, 0.2) is 0 Å². The Bertz CT molecular complexity index is 382. The van der Waals surface area contributed by atoms with Gasteiger partial charge < -0.3 is 20.9 Å². The van der Waals surface area contributed by atoms with Crippen molar-refractivity contribution in [3.05, 3.63) is 29.3 Å². The Labute approximate surface area is 102 Å². The molecule has 0 amide bonds. The van der Waals surface area contributed by atoms with Crippen LogP contribution in [0.3, 0.4) is 0 Å². The van der Waals surface area contributed by atoms with E-state index in [0.717, 1.165) is 24.1 Å². The van der Waals surface area contributed by atoms with E-state index in [1.807, 2.05) is 12.1 Å². The summed E-state index contributed by atoms with van der Waals surface area (Å²) in [4.78, 5) is 0. The molecule has 94 valence electrons. The Morgan fingerprint density at radius 3 is 3.06 bits per heavy atom. The highest BCUT2D eigenvalue weighted by atomic mass is 16.5. The Hall–Kier alpha value is -1.10. The Morgan fingerprint density at radius 2 is 2.35 bits per heavy atom. The van der Waals surface area contributed by atoms with Gasteiger partial charge in [-0.05, 0) is 31.0 Å². The van der Waals surface area contributed by atoms with Crippen LogP contribution in [0.1, 0.15) is 30.6 Å². The van der Waals surface area contributed by atoms with Crippen molar-refractivity contribution in [2.24, 2.45) is 5.73 Å². The lowest BCUT2D eigenvalue weighted by Crippen LogP contribution is -2.22. The normalized spacial score (nSPS) is 23.7. The molecule has 2 atom stereocenters. The van der Waals surface area contributed by atoms with Crippen molar-refractivity contribution >= 4 is 5.69 Å². The molecule has 0 saturated carbocycles. The number of hydrogen-bond donors (Lipinski definition) is 3. The van der Waals surface area contributed by atoms with Crippen LogP contribution >= 0.6 is 0 Å². The summed E-state index contributed by atoms with van der Waals surface area (Å²) in [5, 5.41) is 12.7. The highest BCUT2D eigenvalue weighted by Crippen LogP contribution is 2.32. The van der Waals surface area contributed by atoms with E-state index in [1.54, 1.807) is 0 Å². The van der Waals surface area contributed by atoms with Crippen molar-refractivity contribution in [1.29, 1.82) is 0 Å². The summed E-state index contributed by atoms with van der Waals surface area (Å²) in [6.07, 6.45) is 1.18. The van der Waals surface area contributed by atoms with E-state index in [0.29, 0.717) is 13.2 Å². The van der Waals surface area contributed by atoms with Crippen molar-refractivity contribution in [2.45, 2.75) is 32.1 Å². The molecule has 4 N–H and O–H groups in total. The van der Waals surface area contributed by atoms with Crippen LogP contribution in [0.5, 0.6) is 0 Å². The van der Waals surface area contributed by atoms with Crippen molar-refractivity contribution in [3.8, 4) is 0 Å². The standard InChI is InChI=1S/C13H20N2O2/c1-2-12-10-7-9(5-6-14)3-4-11(10)15-13(16)8-17-12/h3-4,7,12-13,15-16H,2,5-6,8,14H2,1H3/t12?,13-/m1/s1. The average Bonchev–Trinajstić information content (AvgIpc) is 2.48. The van der Waals surface area contributed by atoms with Gasteiger partial charge in [0, 0.05) is 11.3 Å². The maximum Gasteiger partial charge on any atom is 0.148 e. The summed E-state index contributed by atoms with van der Waals surface area (Å²) < 4.78 is 5.68. The Balaban J connectivity index is 2.34. The lowest BCUT2D eigenvalue weighted by atomic mass is 10.0. The Kier molecular flexibility index (Phi) is 3.99. The van der Waals surface area contributed by atoms with Gasteiger partial charge in [-0.15, -0.1) is 0 Å². The minimum atomic E-state index is -0.634. The van der Waals surface area contributed by atoms with Crippen LogP contribution in [0, 0.1) is 0 Å². The number of aliphatic hydroxyl groups excluding tert-OH is 1. The number of fused-ring (bicyclic) bond motifs is 1. The molecular formula is C13H20N2O2.